The number of carboxylic acid groups (broad SMARTS) is 1. The first-order chi connectivity index (χ1) is 18.0. The summed E-state index contributed by atoms with van der Waals surface area (Å²) in [6.07, 6.45) is 2.39. The highest BCUT2D eigenvalue weighted by Crippen LogP contribution is 2.32. The number of carbonyl (C=O) groups is 2. The van der Waals surface area contributed by atoms with Gasteiger partial charge in [-0.2, -0.15) is 0 Å². The van der Waals surface area contributed by atoms with Crippen LogP contribution in [0.4, 0.5) is 4.39 Å². The molecule has 3 aromatic carbocycles. The van der Waals surface area contributed by atoms with Gasteiger partial charge in [-0.1, -0.05) is 18.2 Å². The molecule has 1 unspecified atom stereocenters. The number of nitrogens with one attached hydrogen (secondary N) is 1. The largest absolute Gasteiger partial charge is 0.493 e. The summed E-state index contributed by atoms with van der Waals surface area (Å²) in [4.78, 5) is 33.7. The fourth-order valence-electron chi connectivity index (χ4n) is 4.55. The first-order valence-electron chi connectivity index (χ1n) is 12.3. The molecule has 1 aliphatic rings. The zero-order valence-electron chi connectivity index (χ0n) is 20.1. The second kappa shape index (κ2) is 10.7. The number of hydrogen-bond donors (Lipinski definition) is 2. The van der Waals surface area contributed by atoms with Crippen molar-refractivity contribution in [1.82, 2.24) is 15.3 Å². The molecule has 8 heteroatoms. The van der Waals surface area contributed by atoms with Crippen molar-refractivity contribution in [3.05, 3.63) is 89.4 Å². The minimum Gasteiger partial charge on any atom is -0.493 e. The summed E-state index contributed by atoms with van der Waals surface area (Å²) in [6, 6.07) is 18.8. The quantitative estimate of drug-likeness (QED) is 0.311. The normalized spacial score (nSPS) is 14.6. The van der Waals surface area contributed by atoms with Gasteiger partial charge >= 0.3 is 5.97 Å². The van der Waals surface area contributed by atoms with Crippen LogP contribution in [0.1, 0.15) is 53.3 Å². The van der Waals surface area contributed by atoms with Crippen molar-refractivity contribution >= 4 is 22.9 Å². The van der Waals surface area contributed by atoms with Crippen LogP contribution in [-0.2, 0) is 11.2 Å². The predicted molar refractivity (Wildman–Crippen MR) is 137 cm³/mol. The Bertz CT molecular complexity index is 1460. The number of aromatic nitrogens is 2. The minimum atomic E-state index is -0.842. The van der Waals surface area contributed by atoms with Crippen molar-refractivity contribution in [2.24, 2.45) is 0 Å². The topological polar surface area (TPSA) is 101 Å². The molecular formula is C29H26FN3O4. The number of carbonyl (C=O) groups excluding carboxylic acids is 1. The molecule has 0 saturated carbocycles. The number of carboxylic acids is 1. The van der Waals surface area contributed by atoms with Gasteiger partial charge in [0.05, 0.1) is 35.1 Å². The molecule has 188 valence electrons. The second-order valence-electron chi connectivity index (χ2n) is 9.03. The molecule has 2 heterocycles. The number of nitrogens with zero attached hydrogens (tertiary/aromatic N) is 2. The van der Waals surface area contributed by atoms with E-state index in [-0.39, 0.29) is 24.2 Å². The maximum Gasteiger partial charge on any atom is 0.303 e. The highest BCUT2D eigenvalue weighted by molar-refractivity contribution is 5.97. The number of para-hydroxylation sites is 1. The highest BCUT2D eigenvalue weighted by Gasteiger charge is 2.23. The number of halogens is 1. The van der Waals surface area contributed by atoms with Crippen molar-refractivity contribution in [2.45, 2.75) is 38.1 Å². The van der Waals surface area contributed by atoms with E-state index >= 15 is 0 Å². The van der Waals surface area contributed by atoms with Crippen LogP contribution in [0.15, 0.2) is 66.7 Å². The zero-order valence-corrected chi connectivity index (χ0v) is 20.1. The molecule has 0 fully saturated rings. The maximum atomic E-state index is 13.5. The lowest BCUT2D eigenvalue weighted by Crippen LogP contribution is -2.32. The standard InChI is InChI=1S/C29H26FN3O4/c30-20-12-9-18(10-13-20)28-24(6-2-4-8-27(34)35)31-25-17-19(11-14-23(25)32-28)29(36)33-22-15-16-37-26-7-3-1-5-21(22)26/h1,3,5,7,9-14,17,22H,2,4,6,8,15-16H2,(H,33,36)(H,34,35). The number of rotatable bonds is 8. The van der Waals surface area contributed by atoms with E-state index in [4.69, 9.17) is 19.8 Å². The Kier molecular flexibility index (Phi) is 7.07. The number of unbranched alkanes of at least 4 members (excludes halogenated alkanes) is 1. The summed E-state index contributed by atoms with van der Waals surface area (Å²) in [5, 5.41) is 12.1. The molecule has 0 spiro atoms. The molecule has 37 heavy (non-hydrogen) atoms. The van der Waals surface area contributed by atoms with E-state index in [0.29, 0.717) is 60.3 Å². The maximum absolute atomic E-state index is 13.5. The van der Waals surface area contributed by atoms with Gasteiger partial charge in [-0.15, -0.1) is 0 Å². The first kappa shape index (κ1) is 24.4. The van der Waals surface area contributed by atoms with Gasteiger partial charge in [0.15, 0.2) is 0 Å². The van der Waals surface area contributed by atoms with E-state index in [1.807, 2.05) is 24.3 Å². The fraction of sp³-hybridized carbons (Fsp3) is 0.241. The number of ether oxygens (including phenoxy) is 1. The van der Waals surface area contributed by atoms with Crippen LogP contribution >= 0.6 is 0 Å². The van der Waals surface area contributed by atoms with Crippen LogP contribution in [-0.4, -0.2) is 33.6 Å². The first-order valence-corrected chi connectivity index (χ1v) is 12.3. The van der Waals surface area contributed by atoms with Gasteiger partial charge in [-0.05, 0) is 67.8 Å². The molecule has 0 aliphatic carbocycles. The molecule has 1 atom stereocenters. The van der Waals surface area contributed by atoms with Gasteiger partial charge < -0.3 is 15.2 Å². The van der Waals surface area contributed by atoms with Crippen molar-refractivity contribution in [3.8, 4) is 17.0 Å². The second-order valence-corrected chi connectivity index (χ2v) is 9.03. The third-order valence-corrected chi connectivity index (χ3v) is 6.43. The lowest BCUT2D eigenvalue weighted by atomic mass is 10.00. The lowest BCUT2D eigenvalue weighted by molar-refractivity contribution is -0.137. The smallest absolute Gasteiger partial charge is 0.303 e. The third-order valence-electron chi connectivity index (χ3n) is 6.43. The Morgan fingerprint density at radius 1 is 1.00 bits per heavy atom. The number of aliphatic carboxylic acids is 1. The fourth-order valence-corrected chi connectivity index (χ4v) is 4.55. The molecule has 1 amide bonds. The summed E-state index contributed by atoms with van der Waals surface area (Å²) >= 11 is 0. The molecule has 4 aromatic rings. The molecular weight excluding hydrogens is 473 g/mol. The van der Waals surface area contributed by atoms with E-state index in [9.17, 15) is 14.0 Å². The van der Waals surface area contributed by atoms with Crippen molar-refractivity contribution in [1.29, 1.82) is 0 Å². The average Bonchev–Trinajstić information content (AvgIpc) is 2.91. The lowest BCUT2D eigenvalue weighted by Gasteiger charge is -2.26. The van der Waals surface area contributed by atoms with Crippen LogP contribution < -0.4 is 10.1 Å². The minimum absolute atomic E-state index is 0.0759. The molecule has 7 nitrogen and oxygen atoms in total. The van der Waals surface area contributed by atoms with Gasteiger partial charge in [0.2, 0.25) is 0 Å². The summed E-state index contributed by atoms with van der Waals surface area (Å²) in [7, 11) is 0. The average molecular weight is 500 g/mol. The van der Waals surface area contributed by atoms with Crippen LogP contribution in [0.5, 0.6) is 5.75 Å². The van der Waals surface area contributed by atoms with Crippen molar-refractivity contribution in [2.75, 3.05) is 6.61 Å². The number of amides is 1. The molecule has 0 radical (unpaired) electrons. The third kappa shape index (κ3) is 5.58. The zero-order chi connectivity index (χ0) is 25.8. The van der Waals surface area contributed by atoms with Crippen LogP contribution in [0, 0.1) is 5.82 Å². The van der Waals surface area contributed by atoms with E-state index in [2.05, 4.69) is 5.32 Å². The van der Waals surface area contributed by atoms with E-state index < -0.39 is 5.97 Å². The molecule has 0 saturated heterocycles. The van der Waals surface area contributed by atoms with Gasteiger partial charge in [0, 0.05) is 29.5 Å². The van der Waals surface area contributed by atoms with Crippen molar-refractivity contribution < 1.29 is 23.8 Å². The van der Waals surface area contributed by atoms with Crippen LogP contribution in [0.25, 0.3) is 22.3 Å². The molecule has 1 aliphatic heterocycles. The predicted octanol–water partition coefficient (Wildman–Crippen LogP) is 5.49. The molecule has 2 N–H and O–H groups in total. The molecule has 0 bridgehead atoms. The van der Waals surface area contributed by atoms with E-state index in [1.165, 1.54) is 12.1 Å². The van der Waals surface area contributed by atoms with Crippen LogP contribution in [0.3, 0.4) is 0 Å². The van der Waals surface area contributed by atoms with Gasteiger partial charge in [0.25, 0.3) is 5.91 Å². The number of benzene rings is 3. The van der Waals surface area contributed by atoms with Crippen molar-refractivity contribution in [3.63, 3.8) is 0 Å². The Morgan fingerprint density at radius 3 is 2.62 bits per heavy atom. The van der Waals surface area contributed by atoms with Gasteiger partial charge in [-0.3, -0.25) is 9.59 Å². The van der Waals surface area contributed by atoms with E-state index in [0.717, 1.165) is 16.9 Å². The number of hydrogen-bond acceptors (Lipinski definition) is 5. The van der Waals surface area contributed by atoms with Gasteiger partial charge in [0.1, 0.15) is 11.6 Å². The number of fused-ring (bicyclic) bond motifs is 2. The summed E-state index contributed by atoms with van der Waals surface area (Å²) in [6.45, 7) is 0.530. The monoisotopic (exact) mass is 499 g/mol. The summed E-state index contributed by atoms with van der Waals surface area (Å²) in [5.41, 5.74) is 4.64. The van der Waals surface area contributed by atoms with Gasteiger partial charge in [-0.25, -0.2) is 14.4 Å². The SMILES string of the molecule is O=C(O)CCCCc1nc2cc(C(=O)NC3CCOc4ccccc43)ccc2nc1-c1ccc(F)cc1. The Hall–Kier alpha value is -4.33. The Morgan fingerprint density at radius 2 is 1.81 bits per heavy atom. The Labute approximate surface area is 213 Å². The Balaban J connectivity index is 1.43. The molecule has 1 aromatic heterocycles. The molecule has 5 rings (SSSR count). The highest BCUT2D eigenvalue weighted by atomic mass is 19.1. The number of aryl methyl sites for hydroxylation is 1. The van der Waals surface area contributed by atoms with Crippen LogP contribution in [0.2, 0.25) is 0 Å². The summed E-state index contributed by atoms with van der Waals surface area (Å²) in [5.74, 6) is -0.616. The van der Waals surface area contributed by atoms with E-state index in [1.54, 1.807) is 30.3 Å². The summed E-state index contributed by atoms with van der Waals surface area (Å²) < 4.78 is 19.2.